The highest BCUT2D eigenvalue weighted by atomic mass is 32.2. The summed E-state index contributed by atoms with van der Waals surface area (Å²) in [5, 5.41) is 0. The van der Waals surface area contributed by atoms with Gasteiger partial charge >= 0.3 is 0 Å². The quantitative estimate of drug-likeness (QED) is 0.725. The van der Waals surface area contributed by atoms with Crippen molar-refractivity contribution in [3.8, 4) is 5.75 Å². The van der Waals surface area contributed by atoms with Crippen molar-refractivity contribution >= 4 is 19.9 Å². The number of likely N-dealkylation sites (N-methyl/N-ethyl adjacent to an activating group) is 1. The molecule has 2 aromatic rings. The van der Waals surface area contributed by atoms with E-state index in [1.54, 1.807) is 0 Å². The van der Waals surface area contributed by atoms with E-state index in [9.17, 15) is 21.2 Å². The first-order chi connectivity index (χ1) is 11.6. The number of benzene rings is 2. The summed E-state index contributed by atoms with van der Waals surface area (Å²) in [6.45, 7) is 0.163. The Morgan fingerprint density at radius 2 is 1.44 bits per heavy atom. The molecule has 0 radical (unpaired) electrons. The van der Waals surface area contributed by atoms with Crippen LogP contribution >= 0.6 is 0 Å². The number of ether oxygens (including phenoxy) is 1. The van der Waals surface area contributed by atoms with Crippen molar-refractivity contribution in [2.75, 3.05) is 26.5 Å². The first-order valence-electron chi connectivity index (χ1n) is 7.25. The Morgan fingerprint density at radius 3 is 1.96 bits per heavy atom. The van der Waals surface area contributed by atoms with Crippen LogP contribution in [0.15, 0.2) is 58.3 Å². The average molecular weight is 387 g/mol. The van der Waals surface area contributed by atoms with Gasteiger partial charge in [0.05, 0.1) is 9.79 Å². The lowest BCUT2D eigenvalue weighted by molar-refractivity contribution is 0.286. The van der Waals surface area contributed by atoms with Crippen LogP contribution in [0, 0.1) is 5.82 Å². The predicted octanol–water partition coefficient (Wildman–Crippen LogP) is 1.93. The number of sulfone groups is 1. The largest absolute Gasteiger partial charge is 0.492 e. The van der Waals surface area contributed by atoms with E-state index in [1.807, 2.05) is 0 Å². The maximum absolute atomic E-state index is 12.8. The SMILES string of the molecule is CN(CCOc1ccc(F)cc1)S(=O)(=O)c1ccc(S(C)(=O)=O)cc1. The lowest BCUT2D eigenvalue weighted by atomic mass is 10.3. The normalized spacial score (nSPS) is 12.3. The fraction of sp³-hybridized carbons (Fsp3) is 0.250. The molecule has 0 unspecified atom stereocenters. The van der Waals surface area contributed by atoms with Crippen molar-refractivity contribution < 1.29 is 26.0 Å². The molecule has 9 heteroatoms. The molecule has 2 aromatic carbocycles. The Kier molecular flexibility index (Phi) is 5.81. The van der Waals surface area contributed by atoms with Crippen LogP contribution in [0.25, 0.3) is 0 Å². The molecule has 0 amide bonds. The number of hydrogen-bond donors (Lipinski definition) is 0. The number of halogens is 1. The van der Waals surface area contributed by atoms with Gasteiger partial charge in [0.2, 0.25) is 10.0 Å². The predicted molar refractivity (Wildman–Crippen MR) is 91.3 cm³/mol. The molecular formula is C16H18FNO5S2. The van der Waals surface area contributed by atoms with Crippen LogP contribution in [0.2, 0.25) is 0 Å². The smallest absolute Gasteiger partial charge is 0.242 e. The van der Waals surface area contributed by atoms with Crippen molar-refractivity contribution in [1.29, 1.82) is 0 Å². The summed E-state index contributed by atoms with van der Waals surface area (Å²) in [6, 6.07) is 10.4. The van der Waals surface area contributed by atoms with Crippen molar-refractivity contribution in [2.24, 2.45) is 0 Å². The van der Waals surface area contributed by atoms with Gasteiger partial charge in [-0.25, -0.2) is 21.2 Å². The van der Waals surface area contributed by atoms with Crippen LogP contribution in [0.1, 0.15) is 0 Å². The van der Waals surface area contributed by atoms with Gasteiger partial charge in [0.1, 0.15) is 18.2 Å². The minimum absolute atomic E-state index is 0.0100. The number of rotatable bonds is 7. The van der Waals surface area contributed by atoms with Crippen LogP contribution < -0.4 is 4.74 Å². The van der Waals surface area contributed by atoms with Crippen molar-refractivity contribution in [3.63, 3.8) is 0 Å². The molecule has 0 atom stereocenters. The van der Waals surface area contributed by atoms with E-state index in [1.165, 1.54) is 55.6 Å². The number of hydrogen-bond acceptors (Lipinski definition) is 5. The van der Waals surface area contributed by atoms with Gasteiger partial charge in [0, 0.05) is 19.8 Å². The van der Waals surface area contributed by atoms with E-state index >= 15 is 0 Å². The van der Waals surface area contributed by atoms with Gasteiger partial charge in [0.15, 0.2) is 9.84 Å². The minimum Gasteiger partial charge on any atom is -0.492 e. The fourth-order valence-electron chi connectivity index (χ4n) is 1.98. The van der Waals surface area contributed by atoms with Gasteiger partial charge in [-0.1, -0.05) is 0 Å². The summed E-state index contributed by atoms with van der Waals surface area (Å²) in [6.07, 6.45) is 1.05. The second-order valence-corrected chi connectivity index (χ2v) is 9.43. The zero-order chi connectivity index (χ0) is 18.7. The van der Waals surface area contributed by atoms with E-state index in [2.05, 4.69) is 0 Å². The molecule has 0 N–H and O–H groups in total. The molecule has 0 spiro atoms. The Balaban J connectivity index is 2.02. The molecule has 6 nitrogen and oxygen atoms in total. The first-order valence-corrected chi connectivity index (χ1v) is 10.6. The third-order valence-corrected chi connectivity index (χ3v) is 6.45. The standard InChI is InChI=1S/C16H18FNO5S2/c1-18(11-12-23-14-5-3-13(17)4-6-14)25(21,22)16-9-7-15(8-10-16)24(2,19)20/h3-10H,11-12H2,1-2H3. The average Bonchev–Trinajstić information content (AvgIpc) is 2.56. The molecule has 0 aliphatic heterocycles. The monoisotopic (exact) mass is 387 g/mol. The summed E-state index contributed by atoms with van der Waals surface area (Å²) >= 11 is 0. The van der Waals surface area contributed by atoms with Crippen molar-refractivity contribution in [2.45, 2.75) is 9.79 Å². The van der Waals surface area contributed by atoms with Crippen LogP contribution in [-0.4, -0.2) is 47.6 Å². The molecule has 2 rings (SSSR count). The van der Waals surface area contributed by atoms with E-state index < -0.39 is 19.9 Å². The molecule has 0 saturated carbocycles. The van der Waals surface area contributed by atoms with Gasteiger partial charge in [-0.15, -0.1) is 0 Å². The molecule has 0 aromatic heterocycles. The zero-order valence-corrected chi connectivity index (χ0v) is 15.3. The van der Waals surface area contributed by atoms with Crippen molar-refractivity contribution in [3.05, 3.63) is 54.3 Å². The van der Waals surface area contributed by atoms with E-state index in [0.29, 0.717) is 5.75 Å². The summed E-state index contributed by atoms with van der Waals surface area (Å²) in [4.78, 5) is 0.0397. The number of nitrogens with zero attached hydrogens (tertiary/aromatic N) is 1. The van der Waals surface area contributed by atoms with Gasteiger partial charge in [-0.3, -0.25) is 0 Å². The Labute approximate surface area is 146 Å². The Bertz CT molecular complexity index is 923. The maximum Gasteiger partial charge on any atom is 0.242 e. The van der Waals surface area contributed by atoms with Crippen LogP contribution in [-0.2, 0) is 19.9 Å². The molecule has 0 saturated heterocycles. The lowest BCUT2D eigenvalue weighted by Gasteiger charge is -2.17. The maximum atomic E-state index is 12.8. The molecule has 136 valence electrons. The molecule has 0 aliphatic carbocycles. The van der Waals surface area contributed by atoms with Gasteiger partial charge in [-0.2, -0.15) is 4.31 Å². The third kappa shape index (κ3) is 5.00. The Morgan fingerprint density at radius 1 is 0.920 bits per heavy atom. The van der Waals surface area contributed by atoms with Gasteiger partial charge in [-0.05, 0) is 48.5 Å². The third-order valence-electron chi connectivity index (χ3n) is 3.45. The molecule has 25 heavy (non-hydrogen) atoms. The molecule has 0 bridgehead atoms. The van der Waals surface area contributed by atoms with Gasteiger partial charge in [0.25, 0.3) is 0 Å². The highest BCUT2D eigenvalue weighted by molar-refractivity contribution is 7.90. The second-order valence-electron chi connectivity index (χ2n) is 5.37. The Hall–Kier alpha value is -1.97. The molecule has 0 aliphatic rings. The second kappa shape index (κ2) is 7.51. The summed E-state index contributed by atoms with van der Waals surface area (Å²) in [5.41, 5.74) is 0. The molecule has 0 fully saturated rings. The van der Waals surface area contributed by atoms with E-state index in [4.69, 9.17) is 4.74 Å². The van der Waals surface area contributed by atoms with Gasteiger partial charge < -0.3 is 4.74 Å². The van der Waals surface area contributed by atoms with Crippen LogP contribution in [0.5, 0.6) is 5.75 Å². The van der Waals surface area contributed by atoms with Crippen LogP contribution in [0.4, 0.5) is 4.39 Å². The molecule has 0 heterocycles. The van der Waals surface area contributed by atoms with E-state index in [0.717, 1.165) is 10.6 Å². The summed E-state index contributed by atoms with van der Waals surface area (Å²) in [7, 11) is -5.76. The van der Waals surface area contributed by atoms with Crippen molar-refractivity contribution in [1.82, 2.24) is 4.31 Å². The minimum atomic E-state index is -3.76. The first kappa shape index (κ1) is 19.4. The zero-order valence-electron chi connectivity index (χ0n) is 13.7. The number of sulfonamides is 1. The summed E-state index contributed by atoms with van der Waals surface area (Å²) in [5.74, 6) is 0.0503. The lowest BCUT2D eigenvalue weighted by Crippen LogP contribution is -2.31. The van der Waals surface area contributed by atoms with Crippen LogP contribution in [0.3, 0.4) is 0 Å². The van der Waals surface area contributed by atoms with E-state index in [-0.39, 0.29) is 28.8 Å². The topological polar surface area (TPSA) is 80.8 Å². The molecular weight excluding hydrogens is 369 g/mol. The summed E-state index contributed by atoms with van der Waals surface area (Å²) < 4.78 is 67.0. The fourth-order valence-corrected chi connectivity index (χ4v) is 3.77. The highest BCUT2D eigenvalue weighted by Gasteiger charge is 2.21. The highest BCUT2D eigenvalue weighted by Crippen LogP contribution is 2.18.